The van der Waals surface area contributed by atoms with Gasteiger partial charge >= 0.3 is 0 Å². The van der Waals surface area contributed by atoms with Crippen LogP contribution in [0.15, 0.2) is 42.0 Å². The van der Waals surface area contributed by atoms with Crippen LogP contribution in [-0.4, -0.2) is 22.0 Å². The predicted molar refractivity (Wildman–Crippen MR) is 150 cm³/mol. The van der Waals surface area contributed by atoms with E-state index in [2.05, 4.69) is 26.8 Å². The number of anilines is 1. The minimum atomic E-state index is -0.170. The smallest absolute Gasteiger partial charge is 0.205 e. The van der Waals surface area contributed by atoms with Crippen LogP contribution in [0.2, 0.25) is 0 Å². The molecular weight excluding hydrogens is 476 g/mol. The molecular formula is C32H36N2O2S. The van der Waals surface area contributed by atoms with E-state index in [4.69, 9.17) is 10.7 Å². The molecule has 0 spiro atoms. The Balaban J connectivity index is 1.33. The average Bonchev–Trinajstić information content (AvgIpc) is 3.38. The molecule has 5 heteroatoms. The molecule has 2 heterocycles. The van der Waals surface area contributed by atoms with Crippen LogP contribution in [0, 0.1) is 30.1 Å². The fourth-order valence-corrected chi connectivity index (χ4v) is 10.2. The maximum atomic E-state index is 13.4. The number of thiophene rings is 1. The van der Waals surface area contributed by atoms with Crippen molar-refractivity contribution in [2.45, 2.75) is 77.2 Å². The van der Waals surface area contributed by atoms with Gasteiger partial charge in [-0.1, -0.05) is 55.8 Å². The number of aliphatic hydroxyl groups excluding tert-OH is 1. The highest BCUT2D eigenvalue weighted by atomic mass is 32.1. The van der Waals surface area contributed by atoms with Crippen LogP contribution >= 0.6 is 11.3 Å². The highest BCUT2D eigenvalue weighted by molar-refractivity contribution is 7.21. The van der Waals surface area contributed by atoms with Gasteiger partial charge in [-0.15, -0.1) is 11.3 Å². The largest absolute Gasteiger partial charge is 0.397 e. The van der Waals surface area contributed by atoms with Gasteiger partial charge in [0.25, 0.3) is 0 Å². The van der Waals surface area contributed by atoms with Crippen LogP contribution in [-0.2, 0) is 11.8 Å². The minimum Gasteiger partial charge on any atom is -0.397 e. The number of aryl methyl sites for hydroxylation is 1. The molecule has 6 unspecified atom stereocenters. The zero-order valence-electron chi connectivity index (χ0n) is 22.0. The lowest BCUT2D eigenvalue weighted by Crippen LogP contribution is -2.51. The van der Waals surface area contributed by atoms with Crippen molar-refractivity contribution in [2.75, 3.05) is 5.73 Å². The molecule has 4 nitrogen and oxygen atoms in total. The highest BCUT2D eigenvalue weighted by Gasteiger charge is 2.58. The summed E-state index contributed by atoms with van der Waals surface area (Å²) in [5.74, 6) is 1.86. The van der Waals surface area contributed by atoms with Crippen molar-refractivity contribution in [1.82, 2.24) is 4.98 Å². The molecule has 6 atom stereocenters. The molecule has 2 aromatic heterocycles. The van der Waals surface area contributed by atoms with Crippen molar-refractivity contribution < 1.29 is 9.90 Å². The average molecular weight is 513 g/mol. The Labute approximate surface area is 223 Å². The minimum absolute atomic E-state index is 0.00782. The molecule has 0 bridgehead atoms. The number of benzene rings is 1. The third kappa shape index (κ3) is 3.16. The summed E-state index contributed by atoms with van der Waals surface area (Å²) in [4.78, 5) is 20.0. The van der Waals surface area contributed by atoms with E-state index in [0.29, 0.717) is 33.9 Å². The van der Waals surface area contributed by atoms with Crippen LogP contribution < -0.4 is 5.73 Å². The van der Waals surface area contributed by atoms with Crippen molar-refractivity contribution in [1.29, 1.82) is 0 Å². The Morgan fingerprint density at radius 2 is 1.84 bits per heavy atom. The molecule has 7 rings (SSSR count). The summed E-state index contributed by atoms with van der Waals surface area (Å²) in [6.07, 6.45) is 9.75. The number of pyridine rings is 1. The van der Waals surface area contributed by atoms with E-state index in [1.807, 2.05) is 30.3 Å². The summed E-state index contributed by atoms with van der Waals surface area (Å²) in [5.41, 5.74) is 13.8. The molecule has 0 aliphatic heterocycles. The fraction of sp³-hybridized carbons (Fsp3) is 0.500. The van der Waals surface area contributed by atoms with E-state index >= 15 is 0 Å². The number of fused-ring (bicyclic) bond motifs is 9. The number of aliphatic hydroxyl groups is 1. The van der Waals surface area contributed by atoms with E-state index < -0.39 is 0 Å². The van der Waals surface area contributed by atoms with E-state index in [-0.39, 0.29) is 22.7 Å². The van der Waals surface area contributed by atoms with Crippen molar-refractivity contribution in [3.05, 3.63) is 69.2 Å². The first kappa shape index (κ1) is 23.6. The summed E-state index contributed by atoms with van der Waals surface area (Å²) in [5, 5.41) is 11.4. The molecule has 2 saturated carbocycles. The third-order valence-corrected chi connectivity index (χ3v) is 12.0. The topological polar surface area (TPSA) is 76.2 Å². The number of rotatable bonds is 2. The summed E-state index contributed by atoms with van der Waals surface area (Å²) < 4.78 is 0. The van der Waals surface area contributed by atoms with E-state index in [9.17, 15) is 9.90 Å². The van der Waals surface area contributed by atoms with Gasteiger partial charge in [0.1, 0.15) is 9.71 Å². The first-order chi connectivity index (χ1) is 17.7. The van der Waals surface area contributed by atoms with Gasteiger partial charge in [-0.05, 0) is 91.6 Å². The number of nitrogens with two attached hydrogens (primary N) is 1. The lowest BCUT2D eigenvalue weighted by Gasteiger charge is -2.57. The van der Waals surface area contributed by atoms with Crippen LogP contribution in [0.4, 0.5) is 5.69 Å². The Bertz CT molecular complexity index is 1470. The number of ketones is 1. The van der Waals surface area contributed by atoms with Gasteiger partial charge in [-0.2, -0.15) is 0 Å². The van der Waals surface area contributed by atoms with Crippen molar-refractivity contribution in [3.63, 3.8) is 0 Å². The molecule has 1 aromatic carbocycles. The monoisotopic (exact) mass is 512 g/mol. The van der Waals surface area contributed by atoms with Gasteiger partial charge in [0.15, 0.2) is 0 Å². The number of hydrogen-bond donors (Lipinski definition) is 2. The molecule has 4 aliphatic rings. The second kappa shape index (κ2) is 8.00. The number of hydrogen-bond acceptors (Lipinski definition) is 5. The number of nitrogens with zero attached hydrogens (tertiary/aromatic N) is 1. The predicted octanol–water partition coefficient (Wildman–Crippen LogP) is 6.76. The maximum absolute atomic E-state index is 13.4. The zero-order valence-corrected chi connectivity index (χ0v) is 22.8. The van der Waals surface area contributed by atoms with E-state index in [1.165, 1.54) is 40.9 Å². The SMILES string of the molecule is Cc1nc2sc(C(=O)c3ccccc3)c(N)c2c2c1C1(C)CCC3C(CC=C4CC(O)CCC43C)C1C2. The normalized spacial score (nSPS) is 34.3. The second-order valence-corrected chi connectivity index (χ2v) is 13.6. The number of carbonyl (C=O) groups is 1. The molecule has 192 valence electrons. The van der Waals surface area contributed by atoms with Gasteiger partial charge in [0.05, 0.1) is 11.8 Å². The van der Waals surface area contributed by atoms with Gasteiger partial charge in [-0.25, -0.2) is 4.98 Å². The van der Waals surface area contributed by atoms with Gasteiger partial charge in [0.2, 0.25) is 5.78 Å². The fourth-order valence-electron chi connectivity index (χ4n) is 9.07. The number of allylic oxidation sites excluding steroid dienone is 1. The summed E-state index contributed by atoms with van der Waals surface area (Å²) >= 11 is 1.46. The van der Waals surface area contributed by atoms with Crippen LogP contribution in [0.1, 0.15) is 84.4 Å². The van der Waals surface area contributed by atoms with Crippen molar-refractivity contribution in [3.8, 4) is 0 Å². The van der Waals surface area contributed by atoms with Crippen molar-refractivity contribution in [2.24, 2.45) is 23.2 Å². The Morgan fingerprint density at radius 3 is 2.62 bits per heavy atom. The Kier molecular flexibility index (Phi) is 5.10. The first-order valence-corrected chi connectivity index (χ1v) is 14.7. The molecule has 2 fully saturated rings. The third-order valence-electron chi connectivity index (χ3n) is 10.9. The molecule has 0 radical (unpaired) electrons. The molecule has 3 aromatic rings. The first-order valence-electron chi connectivity index (χ1n) is 13.9. The lowest BCUT2D eigenvalue weighted by atomic mass is 9.47. The van der Waals surface area contributed by atoms with Crippen molar-refractivity contribution >= 4 is 33.0 Å². The number of aromatic nitrogens is 1. The van der Waals surface area contributed by atoms with E-state index in [0.717, 1.165) is 48.0 Å². The Hall–Kier alpha value is -2.50. The molecule has 0 saturated heterocycles. The summed E-state index contributed by atoms with van der Waals surface area (Å²) in [7, 11) is 0. The number of carbonyl (C=O) groups excluding carboxylic acids is 1. The van der Waals surface area contributed by atoms with Crippen LogP contribution in [0.25, 0.3) is 10.2 Å². The summed E-state index contributed by atoms with van der Waals surface area (Å²) in [6, 6.07) is 9.45. The maximum Gasteiger partial charge on any atom is 0.205 e. The molecule has 3 N–H and O–H groups in total. The quantitative estimate of drug-likeness (QED) is 0.294. The second-order valence-electron chi connectivity index (χ2n) is 12.6. The number of nitrogen functional groups attached to an aromatic ring is 1. The molecule has 37 heavy (non-hydrogen) atoms. The standard InChI is InChI=1S/C32H36N2O2S/c1-17-26-22(25-27(33)29(37-30(25)34-17)28(36)18-7-5-4-6-8-18)16-24-21-10-9-19-15-20(35)11-13-31(19,2)23(21)12-14-32(24,26)3/h4-9,20-21,23-24,35H,10-16,33H2,1-3H3. The van der Waals surface area contributed by atoms with E-state index in [1.54, 1.807) is 0 Å². The molecule has 0 amide bonds. The highest BCUT2D eigenvalue weighted by Crippen LogP contribution is 2.65. The zero-order chi connectivity index (χ0) is 25.7. The summed E-state index contributed by atoms with van der Waals surface area (Å²) in [6.45, 7) is 7.12. The molecule has 4 aliphatic carbocycles. The van der Waals surface area contributed by atoms with Crippen LogP contribution in [0.5, 0.6) is 0 Å². The Morgan fingerprint density at radius 1 is 1.08 bits per heavy atom. The van der Waals surface area contributed by atoms with Gasteiger partial charge in [-0.3, -0.25) is 4.79 Å². The van der Waals surface area contributed by atoms with Gasteiger partial charge in [0, 0.05) is 16.6 Å². The van der Waals surface area contributed by atoms with Crippen LogP contribution in [0.3, 0.4) is 0 Å². The van der Waals surface area contributed by atoms with Gasteiger partial charge < -0.3 is 10.8 Å². The lowest BCUT2D eigenvalue weighted by molar-refractivity contribution is -0.0164.